The van der Waals surface area contributed by atoms with Crippen LogP contribution in [0.5, 0.6) is 0 Å². The van der Waals surface area contributed by atoms with Crippen molar-refractivity contribution in [1.29, 1.82) is 0 Å². The van der Waals surface area contributed by atoms with Crippen LogP contribution in [0.3, 0.4) is 0 Å². The smallest absolute Gasteiger partial charge is 0.341 e. The van der Waals surface area contributed by atoms with Gasteiger partial charge in [-0.25, -0.2) is 13.6 Å². The summed E-state index contributed by atoms with van der Waals surface area (Å²) in [6.07, 6.45) is 3.43. The quantitative estimate of drug-likeness (QED) is 0.657. The molecular formula is C20H24F2N4O3. The van der Waals surface area contributed by atoms with Crippen molar-refractivity contribution in [2.45, 2.75) is 32.2 Å². The standard InChI is InChI=1S/C20H24F2N4O3/c1-2-9-6-25(7-10(9)5-23)18-14(21)16(24)13-17(15(18)22)26(11-3-4-11)8-12(19(13)27)20(28)29/h8-11H,2-7,23-24H2,1H3,(H,28,29)/t9-,10-/m1/s1. The number of hydrogen-bond donors (Lipinski definition) is 3. The van der Waals surface area contributed by atoms with Crippen molar-refractivity contribution in [2.24, 2.45) is 17.6 Å². The fourth-order valence-electron chi connectivity index (χ4n) is 4.47. The normalized spacial score (nSPS) is 21.9. The van der Waals surface area contributed by atoms with Gasteiger partial charge in [-0.3, -0.25) is 4.79 Å². The van der Waals surface area contributed by atoms with E-state index in [1.165, 1.54) is 4.57 Å². The van der Waals surface area contributed by atoms with Crippen LogP contribution in [0.2, 0.25) is 0 Å². The number of carboxylic acid groups (broad SMARTS) is 1. The predicted octanol–water partition coefficient (Wildman–Crippen LogP) is 2.32. The molecule has 1 saturated carbocycles. The average molecular weight is 406 g/mol. The lowest BCUT2D eigenvalue weighted by Crippen LogP contribution is -2.27. The Bertz CT molecular complexity index is 1050. The minimum atomic E-state index is -1.45. The number of aromatic carboxylic acids is 1. The van der Waals surface area contributed by atoms with Gasteiger partial charge >= 0.3 is 5.97 Å². The zero-order chi connectivity index (χ0) is 21.0. The van der Waals surface area contributed by atoms with E-state index in [9.17, 15) is 14.7 Å². The number of nitrogen functional groups attached to an aromatic ring is 1. The molecule has 0 spiro atoms. The van der Waals surface area contributed by atoms with Crippen molar-refractivity contribution in [3.63, 3.8) is 0 Å². The number of pyridine rings is 1. The summed E-state index contributed by atoms with van der Waals surface area (Å²) in [7, 11) is 0. The number of nitrogens with two attached hydrogens (primary N) is 2. The van der Waals surface area contributed by atoms with Crippen LogP contribution in [-0.4, -0.2) is 35.3 Å². The monoisotopic (exact) mass is 406 g/mol. The van der Waals surface area contributed by atoms with E-state index in [1.54, 1.807) is 4.90 Å². The number of benzene rings is 1. The molecule has 0 unspecified atom stereocenters. The molecule has 0 amide bonds. The number of hydrogen-bond acceptors (Lipinski definition) is 5. The number of rotatable bonds is 5. The molecule has 2 heterocycles. The Kier molecular flexibility index (Phi) is 4.72. The maximum atomic E-state index is 15.7. The van der Waals surface area contributed by atoms with Crippen LogP contribution in [0.25, 0.3) is 10.9 Å². The van der Waals surface area contributed by atoms with Crippen LogP contribution in [-0.2, 0) is 0 Å². The zero-order valence-corrected chi connectivity index (χ0v) is 16.1. The largest absolute Gasteiger partial charge is 0.477 e. The van der Waals surface area contributed by atoms with Crippen molar-refractivity contribution in [1.82, 2.24) is 4.57 Å². The number of anilines is 2. The molecule has 1 aliphatic heterocycles. The van der Waals surface area contributed by atoms with E-state index in [4.69, 9.17) is 11.5 Å². The van der Waals surface area contributed by atoms with Gasteiger partial charge in [0.25, 0.3) is 0 Å². The summed E-state index contributed by atoms with van der Waals surface area (Å²) >= 11 is 0. The van der Waals surface area contributed by atoms with Crippen LogP contribution in [0.15, 0.2) is 11.0 Å². The molecule has 0 bridgehead atoms. The first-order valence-corrected chi connectivity index (χ1v) is 9.83. The lowest BCUT2D eigenvalue weighted by atomic mass is 9.94. The first-order valence-electron chi connectivity index (χ1n) is 9.83. The summed E-state index contributed by atoms with van der Waals surface area (Å²) in [6, 6.07) is -0.137. The topological polar surface area (TPSA) is 115 Å². The van der Waals surface area contributed by atoms with Crippen molar-refractivity contribution in [3.8, 4) is 0 Å². The second-order valence-electron chi connectivity index (χ2n) is 8.00. The molecule has 1 saturated heterocycles. The molecule has 9 heteroatoms. The van der Waals surface area contributed by atoms with E-state index in [2.05, 4.69) is 0 Å². The van der Waals surface area contributed by atoms with Crippen LogP contribution in [0, 0.1) is 23.5 Å². The summed E-state index contributed by atoms with van der Waals surface area (Å²) in [5.41, 5.74) is 9.37. The van der Waals surface area contributed by atoms with E-state index in [0.717, 1.165) is 25.5 Å². The first-order chi connectivity index (χ1) is 13.8. The van der Waals surface area contributed by atoms with Gasteiger partial charge in [0.05, 0.1) is 16.6 Å². The Hall–Kier alpha value is -2.68. The Morgan fingerprint density at radius 2 is 1.90 bits per heavy atom. The van der Waals surface area contributed by atoms with Gasteiger partial charge < -0.3 is 26.0 Å². The third-order valence-corrected chi connectivity index (χ3v) is 6.25. The van der Waals surface area contributed by atoms with Crippen LogP contribution < -0.4 is 21.8 Å². The number of halogens is 2. The fraction of sp³-hybridized carbons (Fsp3) is 0.500. The van der Waals surface area contributed by atoms with E-state index in [0.29, 0.717) is 19.6 Å². The van der Waals surface area contributed by atoms with Crippen molar-refractivity contribution < 1.29 is 18.7 Å². The second kappa shape index (κ2) is 6.98. The molecule has 1 aliphatic carbocycles. The van der Waals surface area contributed by atoms with E-state index in [1.807, 2.05) is 6.92 Å². The fourth-order valence-corrected chi connectivity index (χ4v) is 4.47. The summed E-state index contributed by atoms with van der Waals surface area (Å²) in [5.74, 6) is -3.04. The highest BCUT2D eigenvalue weighted by molar-refractivity contribution is 5.99. The number of carboxylic acids is 1. The lowest BCUT2D eigenvalue weighted by Gasteiger charge is -2.24. The molecule has 2 aromatic rings. The van der Waals surface area contributed by atoms with Crippen LogP contribution in [0.4, 0.5) is 20.2 Å². The number of fused-ring (bicyclic) bond motifs is 1. The Morgan fingerprint density at radius 1 is 1.24 bits per heavy atom. The minimum absolute atomic E-state index is 0.107. The van der Waals surface area contributed by atoms with Gasteiger partial charge in [-0.05, 0) is 31.2 Å². The van der Waals surface area contributed by atoms with E-state index < -0.39 is 39.7 Å². The van der Waals surface area contributed by atoms with E-state index in [-0.39, 0.29) is 29.1 Å². The van der Waals surface area contributed by atoms with Gasteiger partial charge in [0.1, 0.15) is 11.3 Å². The molecule has 156 valence electrons. The molecular weight excluding hydrogens is 382 g/mol. The summed E-state index contributed by atoms with van der Waals surface area (Å²) in [5, 5.41) is 8.95. The third-order valence-electron chi connectivity index (χ3n) is 6.25. The first kappa shape index (κ1) is 19.6. The lowest BCUT2D eigenvalue weighted by molar-refractivity contribution is 0.0695. The maximum absolute atomic E-state index is 15.7. The molecule has 0 radical (unpaired) electrons. The SMILES string of the molecule is CC[C@@H]1CN(c2c(F)c(N)c3c(=O)c(C(=O)O)cn(C4CC4)c3c2F)C[C@H]1CN. The molecule has 2 atom stereocenters. The highest BCUT2D eigenvalue weighted by atomic mass is 19.1. The predicted molar refractivity (Wildman–Crippen MR) is 106 cm³/mol. The minimum Gasteiger partial charge on any atom is -0.477 e. The number of carbonyl (C=O) groups is 1. The zero-order valence-electron chi connectivity index (χ0n) is 16.1. The Morgan fingerprint density at radius 3 is 2.41 bits per heavy atom. The average Bonchev–Trinajstić information content (AvgIpc) is 3.45. The Labute approximate surface area is 165 Å². The molecule has 4 rings (SSSR count). The van der Waals surface area contributed by atoms with Gasteiger partial charge in [0.2, 0.25) is 5.43 Å². The molecule has 7 nitrogen and oxygen atoms in total. The van der Waals surface area contributed by atoms with Crippen LogP contribution >= 0.6 is 0 Å². The summed E-state index contributed by atoms with van der Waals surface area (Å²) in [6.45, 7) is 3.26. The number of aromatic nitrogens is 1. The Balaban J connectivity index is 2.00. The second-order valence-corrected chi connectivity index (χ2v) is 8.00. The molecule has 2 aliphatic rings. The van der Waals surface area contributed by atoms with Gasteiger partial charge in [0.15, 0.2) is 11.6 Å². The van der Waals surface area contributed by atoms with Gasteiger partial charge in [-0.15, -0.1) is 0 Å². The highest BCUT2D eigenvalue weighted by Gasteiger charge is 2.37. The van der Waals surface area contributed by atoms with Gasteiger partial charge in [-0.1, -0.05) is 13.3 Å². The van der Waals surface area contributed by atoms with Crippen molar-refractivity contribution in [2.75, 3.05) is 30.3 Å². The molecule has 5 N–H and O–H groups in total. The molecule has 1 aromatic heterocycles. The summed E-state index contributed by atoms with van der Waals surface area (Å²) in [4.78, 5) is 25.8. The maximum Gasteiger partial charge on any atom is 0.341 e. The number of nitrogens with zero attached hydrogens (tertiary/aromatic N) is 2. The van der Waals surface area contributed by atoms with Gasteiger partial charge in [0, 0.05) is 25.3 Å². The van der Waals surface area contributed by atoms with Crippen molar-refractivity contribution >= 4 is 28.2 Å². The summed E-state index contributed by atoms with van der Waals surface area (Å²) < 4.78 is 32.4. The van der Waals surface area contributed by atoms with E-state index >= 15 is 8.78 Å². The highest BCUT2D eigenvalue weighted by Crippen LogP contribution is 2.43. The van der Waals surface area contributed by atoms with Gasteiger partial charge in [-0.2, -0.15) is 0 Å². The molecule has 1 aromatic carbocycles. The third kappa shape index (κ3) is 2.95. The molecule has 2 fully saturated rings. The van der Waals surface area contributed by atoms with Crippen molar-refractivity contribution in [3.05, 3.63) is 33.6 Å². The molecule has 29 heavy (non-hydrogen) atoms. The van der Waals surface area contributed by atoms with Crippen LogP contribution in [0.1, 0.15) is 42.6 Å².